The molecule has 3 heteroatoms. The Balaban J connectivity index is 2.28. The summed E-state index contributed by atoms with van der Waals surface area (Å²) in [7, 11) is 0. The maximum Gasteiger partial charge on any atom is 0.122 e. The fourth-order valence-corrected chi connectivity index (χ4v) is 1.84. The van der Waals surface area contributed by atoms with Crippen molar-refractivity contribution in [3.63, 3.8) is 0 Å². The molecule has 0 aromatic heterocycles. The molecule has 0 heterocycles. The average molecular weight is 265 g/mol. The molecule has 0 aliphatic carbocycles. The predicted molar refractivity (Wildman–Crippen MR) is 79.6 cm³/mol. The van der Waals surface area contributed by atoms with Gasteiger partial charge in [-0.25, -0.2) is 0 Å². The summed E-state index contributed by atoms with van der Waals surface area (Å²) >= 11 is 0. The fraction of sp³-hybridized carbons (Fsp3) is 0.625. The molecule has 1 aromatic carbocycles. The van der Waals surface area contributed by atoms with E-state index in [2.05, 4.69) is 26.1 Å². The molecule has 0 aliphatic heterocycles. The van der Waals surface area contributed by atoms with Crippen molar-refractivity contribution < 1.29 is 9.84 Å². The van der Waals surface area contributed by atoms with Crippen molar-refractivity contribution in [2.45, 2.75) is 46.3 Å². The highest BCUT2D eigenvalue weighted by atomic mass is 16.5. The maximum atomic E-state index is 9.92. The maximum absolute atomic E-state index is 9.92. The van der Waals surface area contributed by atoms with Crippen LogP contribution in [0.25, 0.3) is 0 Å². The molecule has 0 aliphatic rings. The molecule has 0 bridgehead atoms. The zero-order valence-electron chi connectivity index (χ0n) is 12.5. The summed E-state index contributed by atoms with van der Waals surface area (Å²) in [6.07, 6.45) is 0.662. The first kappa shape index (κ1) is 16.0. The predicted octanol–water partition coefficient (Wildman–Crippen LogP) is 2.76. The molecule has 0 fully saturated rings. The Labute approximate surface area is 117 Å². The minimum Gasteiger partial charge on any atom is -0.491 e. The van der Waals surface area contributed by atoms with Crippen molar-refractivity contribution in [2.24, 2.45) is 5.92 Å². The summed E-state index contributed by atoms with van der Waals surface area (Å²) < 4.78 is 5.63. The van der Waals surface area contributed by atoms with Crippen LogP contribution >= 0.6 is 0 Å². The van der Waals surface area contributed by atoms with Gasteiger partial charge in [-0.05, 0) is 31.4 Å². The number of aliphatic hydroxyl groups excluding tert-OH is 1. The molecule has 3 atom stereocenters. The molecule has 0 saturated heterocycles. The van der Waals surface area contributed by atoms with Gasteiger partial charge in [0.1, 0.15) is 18.5 Å². The van der Waals surface area contributed by atoms with E-state index in [1.54, 1.807) is 0 Å². The van der Waals surface area contributed by atoms with Crippen molar-refractivity contribution in [1.29, 1.82) is 0 Å². The molecular formula is C16H27NO2. The average Bonchev–Trinajstić information content (AvgIpc) is 2.42. The van der Waals surface area contributed by atoms with Crippen molar-refractivity contribution in [3.05, 3.63) is 29.8 Å². The Morgan fingerprint density at radius 3 is 2.58 bits per heavy atom. The van der Waals surface area contributed by atoms with Crippen LogP contribution in [-0.2, 0) is 0 Å². The minimum absolute atomic E-state index is 0.324. The van der Waals surface area contributed by atoms with E-state index in [9.17, 15) is 5.11 Å². The van der Waals surface area contributed by atoms with E-state index < -0.39 is 6.10 Å². The third-order valence-electron chi connectivity index (χ3n) is 3.70. The number of aryl methyl sites for hydroxylation is 1. The third kappa shape index (κ3) is 5.62. The van der Waals surface area contributed by atoms with Crippen molar-refractivity contribution in [3.8, 4) is 5.75 Å². The lowest BCUT2D eigenvalue weighted by Gasteiger charge is -2.22. The standard InChI is InChI=1S/C16H27NO2/c1-5-12(2)14(4)17-10-15(18)11-19-16-9-7-6-8-13(16)3/h6-9,12,14-15,17-18H,5,10-11H2,1-4H3. The van der Waals surface area contributed by atoms with E-state index >= 15 is 0 Å². The largest absolute Gasteiger partial charge is 0.491 e. The number of ether oxygens (including phenoxy) is 1. The van der Waals surface area contributed by atoms with E-state index in [0.29, 0.717) is 25.1 Å². The van der Waals surface area contributed by atoms with Gasteiger partial charge < -0.3 is 15.2 Å². The Bertz CT molecular complexity index is 368. The molecule has 0 saturated carbocycles. The summed E-state index contributed by atoms with van der Waals surface area (Å²) in [6, 6.07) is 8.27. The van der Waals surface area contributed by atoms with Gasteiger partial charge in [0.25, 0.3) is 0 Å². The first-order valence-electron chi connectivity index (χ1n) is 7.14. The Morgan fingerprint density at radius 1 is 1.26 bits per heavy atom. The number of para-hydroxylation sites is 1. The van der Waals surface area contributed by atoms with Crippen LogP contribution in [0.1, 0.15) is 32.8 Å². The highest BCUT2D eigenvalue weighted by Crippen LogP contribution is 2.16. The second-order valence-electron chi connectivity index (χ2n) is 5.31. The molecule has 1 rings (SSSR count). The summed E-state index contributed by atoms with van der Waals surface area (Å²) in [5, 5.41) is 13.3. The van der Waals surface area contributed by atoms with Gasteiger partial charge in [0.15, 0.2) is 0 Å². The van der Waals surface area contributed by atoms with Gasteiger partial charge in [-0.1, -0.05) is 38.5 Å². The lowest BCUT2D eigenvalue weighted by atomic mass is 10.0. The molecule has 0 radical (unpaired) electrons. The van der Waals surface area contributed by atoms with Gasteiger partial charge >= 0.3 is 0 Å². The molecule has 3 unspecified atom stereocenters. The monoisotopic (exact) mass is 265 g/mol. The lowest BCUT2D eigenvalue weighted by Crippen LogP contribution is -2.39. The minimum atomic E-state index is -0.480. The van der Waals surface area contributed by atoms with E-state index in [4.69, 9.17) is 4.74 Å². The number of rotatable bonds is 8. The van der Waals surface area contributed by atoms with Gasteiger partial charge in [0.05, 0.1) is 0 Å². The smallest absolute Gasteiger partial charge is 0.122 e. The van der Waals surface area contributed by atoms with Crippen LogP contribution in [0.15, 0.2) is 24.3 Å². The molecule has 1 aromatic rings. The number of nitrogens with one attached hydrogen (secondary N) is 1. The van der Waals surface area contributed by atoms with Gasteiger partial charge in [-0.15, -0.1) is 0 Å². The Kier molecular flexibility index (Phi) is 6.89. The van der Waals surface area contributed by atoms with Crippen molar-refractivity contribution in [1.82, 2.24) is 5.32 Å². The number of hydrogen-bond acceptors (Lipinski definition) is 3. The quantitative estimate of drug-likeness (QED) is 0.759. The van der Waals surface area contributed by atoms with Crippen molar-refractivity contribution in [2.75, 3.05) is 13.2 Å². The molecule has 0 spiro atoms. The molecule has 3 nitrogen and oxygen atoms in total. The summed E-state index contributed by atoms with van der Waals surface area (Å²) in [6.45, 7) is 9.45. The highest BCUT2D eigenvalue weighted by molar-refractivity contribution is 5.31. The van der Waals surface area contributed by atoms with Gasteiger partial charge in [0.2, 0.25) is 0 Å². The normalized spacial score (nSPS) is 15.8. The van der Waals surface area contributed by atoms with Crippen LogP contribution in [0.2, 0.25) is 0 Å². The topological polar surface area (TPSA) is 41.5 Å². The molecule has 2 N–H and O–H groups in total. The van der Waals surface area contributed by atoms with E-state index in [1.807, 2.05) is 31.2 Å². The number of aliphatic hydroxyl groups is 1. The van der Waals surface area contributed by atoms with Crippen LogP contribution in [0.3, 0.4) is 0 Å². The third-order valence-corrected chi connectivity index (χ3v) is 3.70. The van der Waals surface area contributed by atoms with Crippen LogP contribution in [0.4, 0.5) is 0 Å². The molecule has 108 valence electrons. The highest BCUT2D eigenvalue weighted by Gasteiger charge is 2.12. The molecular weight excluding hydrogens is 238 g/mol. The van der Waals surface area contributed by atoms with Crippen molar-refractivity contribution >= 4 is 0 Å². The van der Waals surface area contributed by atoms with Crippen LogP contribution in [0.5, 0.6) is 5.75 Å². The zero-order valence-corrected chi connectivity index (χ0v) is 12.5. The first-order chi connectivity index (χ1) is 9.04. The first-order valence-corrected chi connectivity index (χ1v) is 7.14. The summed E-state index contributed by atoms with van der Waals surface area (Å²) in [4.78, 5) is 0. The Morgan fingerprint density at radius 2 is 1.95 bits per heavy atom. The summed E-state index contributed by atoms with van der Waals surface area (Å²) in [5.74, 6) is 1.46. The van der Waals surface area contributed by atoms with E-state index in [0.717, 1.165) is 17.7 Å². The Hall–Kier alpha value is -1.06. The second-order valence-corrected chi connectivity index (χ2v) is 5.31. The number of benzene rings is 1. The van der Waals surface area contributed by atoms with Crippen LogP contribution in [-0.4, -0.2) is 30.4 Å². The fourth-order valence-electron chi connectivity index (χ4n) is 1.84. The lowest BCUT2D eigenvalue weighted by molar-refractivity contribution is 0.101. The van der Waals surface area contributed by atoms with Gasteiger partial charge in [0, 0.05) is 12.6 Å². The SMILES string of the molecule is CCC(C)C(C)NCC(O)COc1ccccc1C. The second kappa shape index (κ2) is 8.18. The van der Waals surface area contributed by atoms with Gasteiger partial charge in [-0.2, -0.15) is 0 Å². The van der Waals surface area contributed by atoms with Crippen LogP contribution < -0.4 is 10.1 Å². The van der Waals surface area contributed by atoms with Crippen LogP contribution in [0, 0.1) is 12.8 Å². The molecule has 19 heavy (non-hydrogen) atoms. The van der Waals surface area contributed by atoms with E-state index in [-0.39, 0.29) is 0 Å². The zero-order chi connectivity index (χ0) is 14.3. The molecule has 0 amide bonds. The van der Waals surface area contributed by atoms with Gasteiger partial charge in [-0.3, -0.25) is 0 Å². The van der Waals surface area contributed by atoms with E-state index in [1.165, 1.54) is 0 Å². The number of hydrogen-bond donors (Lipinski definition) is 2. The summed E-state index contributed by atoms with van der Waals surface area (Å²) in [5.41, 5.74) is 1.09.